The molecule has 0 radical (unpaired) electrons. The molecule has 0 saturated carbocycles. The first kappa shape index (κ1) is 17.4. The van der Waals surface area contributed by atoms with Gasteiger partial charge in [0.15, 0.2) is 5.82 Å². The minimum Gasteiger partial charge on any atom is -0.368 e. The molecule has 0 aliphatic carbocycles. The van der Waals surface area contributed by atoms with Crippen molar-refractivity contribution in [1.82, 2.24) is 15.0 Å². The van der Waals surface area contributed by atoms with E-state index in [1.165, 1.54) is 6.07 Å². The zero-order valence-corrected chi connectivity index (χ0v) is 14.7. The Bertz CT molecular complexity index is 774. The standard InChI is InChI=1S/C18H22FN5O/c1-12(2)17-21-18(25-22-17)13(3)23-7-9-24(10-8-23)16-6-4-5-15(19)14(16)11-20/h4-6,12-13H,7-10H2,1-3H3/t13-/m1/s1. The van der Waals surface area contributed by atoms with Gasteiger partial charge in [0.25, 0.3) is 0 Å². The molecule has 7 heteroatoms. The molecule has 0 spiro atoms. The lowest BCUT2D eigenvalue weighted by Crippen LogP contribution is -2.47. The topological polar surface area (TPSA) is 69.2 Å². The first-order valence-electron chi connectivity index (χ1n) is 8.52. The summed E-state index contributed by atoms with van der Waals surface area (Å²) in [7, 11) is 0. The van der Waals surface area contributed by atoms with Crippen molar-refractivity contribution in [2.24, 2.45) is 0 Å². The van der Waals surface area contributed by atoms with Crippen molar-refractivity contribution in [3.63, 3.8) is 0 Å². The number of nitriles is 1. The Morgan fingerprint density at radius 1 is 1.20 bits per heavy atom. The van der Waals surface area contributed by atoms with Crippen LogP contribution in [0, 0.1) is 17.1 Å². The largest absolute Gasteiger partial charge is 0.368 e. The summed E-state index contributed by atoms with van der Waals surface area (Å²) in [6.07, 6.45) is 0. The maximum Gasteiger partial charge on any atom is 0.243 e. The van der Waals surface area contributed by atoms with Gasteiger partial charge in [0.1, 0.15) is 17.4 Å². The quantitative estimate of drug-likeness (QED) is 0.850. The van der Waals surface area contributed by atoms with Crippen LogP contribution < -0.4 is 4.90 Å². The lowest BCUT2D eigenvalue weighted by molar-refractivity contribution is 0.164. The smallest absolute Gasteiger partial charge is 0.243 e. The Morgan fingerprint density at radius 2 is 1.92 bits per heavy atom. The number of benzene rings is 1. The van der Waals surface area contributed by atoms with E-state index in [0.29, 0.717) is 24.7 Å². The van der Waals surface area contributed by atoms with Crippen LogP contribution in [0.5, 0.6) is 0 Å². The molecule has 1 atom stereocenters. The zero-order valence-electron chi connectivity index (χ0n) is 14.7. The summed E-state index contributed by atoms with van der Waals surface area (Å²) >= 11 is 0. The van der Waals surface area contributed by atoms with E-state index in [1.807, 2.05) is 19.9 Å². The van der Waals surface area contributed by atoms with Gasteiger partial charge in [-0.1, -0.05) is 25.1 Å². The molecule has 0 bridgehead atoms. The van der Waals surface area contributed by atoms with Gasteiger partial charge in [-0.05, 0) is 19.1 Å². The van der Waals surface area contributed by atoms with E-state index >= 15 is 0 Å². The summed E-state index contributed by atoms with van der Waals surface area (Å²) in [5.41, 5.74) is 0.775. The molecular formula is C18H22FN5O. The van der Waals surface area contributed by atoms with Gasteiger partial charge < -0.3 is 9.42 Å². The predicted molar refractivity (Wildman–Crippen MR) is 91.7 cm³/mol. The number of aromatic nitrogens is 2. The van der Waals surface area contributed by atoms with Crippen LogP contribution in [0.4, 0.5) is 10.1 Å². The van der Waals surface area contributed by atoms with Gasteiger partial charge in [-0.25, -0.2) is 4.39 Å². The summed E-state index contributed by atoms with van der Waals surface area (Å²) < 4.78 is 19.2. The fraction of sp³-hybridized carbons (Fsp3) is 0.500. The van der Waals surface area contributed by atoms with Crippen molar-refractivity contribution >= 4 is 5.69 Å². The molecule has 0 unspecified atom stereocenters. The number of piperazine rings is 1. The van der Waals surface area contributed by atoms with Crippen molar-refractivity contribution in [1.29, 1.82) is 5.26 Å². The molecule has 2 heterocycles. The normalized spacial score (nSPS) is 16.9. The average molecular weight is 343 g/mol. The number of nitrogens with zero attached hydrogens (tertiary/aromatic N) is 5. The fourth-order valence-electron chi connectivity index (χ4n) is 3.04. The number of rotatable bonds is 4. The second-order valence-corrected chi connectivity index (χ2v) is 6.59. The second kappa shape index (κ2) is 7.19. The molecule has 0 N–H and O–H groups in total. The number of anilines is 1. The minimum atomic E-state index is -0.470. The summed E-state index contributed by atoms with van der Waals surface area (Å²) in [6.45, 7) is 9.11. The van der Waals surface area contributed by atoms with Crippen LogP contribution in [0.15, 0.2) is 22.7 Å². The van der Waals surface area contributed by atoms with E-state index in [0.717, 1.165) is 18.9 Å². The lowest BCUT2D eigenvalue weighted by atomic mass is 10.1. The number of halogens is 1. The summed E-state index contributed by atoms with van der Waals surface area (Å²) in [6, 6.07) is 6.77. The highest BCUT2D eigenvalue weighted by atomic mass is 19.1. The first-order valence-corrected chi connectivity index (χ1v) is 8.52. The van der Waals surface area contributed by atoms with Gasteiger partial charge in [-0.15, -0.1) is 0 Å². The Balaban J connectivity index is 1.67. The predicted octanol–water partition coefficient (Wildman–Crippen LogP) is 3.09. The van der Waals surface area contributed by atoms with Crippen LogP contribution in [-0.4, -0.2) is 41.2 Å². The van der Waals surface area contributed by atoms with Crippen molar-refractivity contribution in [3.8, 4) is 6.07 Å². The molecule has 6 nitrogen and oxygen atoms in total. The zero-order chi connectivity index (χ0) is 18.0. The van der Waals surface area contributed by atoms with E-state index in [-0.39, 0.29) is 17.5 Å². The summed E-state index contributed by atoms with van der Waals surface area (Å²) in [5, 5.41) is 13.2. The monoisotopic (exact) mass is 343 g/mol. The highest BCUT2D eigenvalue weighted by Gasteiger charge is 2.27. The van der Waals surface area contributed by atoms with Crippen molar-refractivity contribution in [2.45, 2.75) is 32.7 Å². The molecule has 132 valence electrons. The van der Waals surface area contributed by atoms with Gasteiger partial charge in [-0.3, -0.25) is 4.90 Å². The van der Waals surface area contributed by atoms with Gasteiger partial charge in [0, 0.05) is 32.1 Å². The van der Waals surface area contributed by atoms with Crippen LogP contribution in [0.1, 0.15) is 50.0 Å². The van der Waals surface area contributed by atoms with E-state index in [2.05, 4.69) is 26.9 Å². The number of hydrogen-bond acceptors (Lipinski definition) is 6. The SMILES string of the molecule is CC(C)c1noc([C@@H](C)N2CCN(c3cccc(F)c3C#N)CC2)n1. The Kier molecular flexibility index (Phi) is 5.00. The van der Waals surface area contributed by atoms with Gasteiger partial charge in [0.05, 0.1) is 11.7 Å². The van der Waals surface area contributed by atoms with E-state index < -0.39 is 5.82 Å². The first-order chi connectivity index (χ1) is 12.0. The molecule has 1 fully saturated rings. The highest BCUT2D eigenvalue weighted by Crippen LogP contribution is 2.26. The van der Waals surface area contributed by atoms with E-state index in [9.17, 15) is 9.65 Å². The average Bonchev–Trinajstić information content (AvgIpc) is 3.11. The third-order valence-corrected chi connectivity index (χ3v) is 4.64. The van der Waals surface area contributed by atoms with Crippen LogP contribution >= 0.6 is 0 Å². The molecule has 1 aromatic carbocycles. The van der Waals surface area contributed by atoms with Crippen LogP contribution in [-0.2, 0) is 0 Å². The highest BCUT2D eigenvalue weighted by molar-refractivity contribution is 5.60. The molecule has 1 saturated heterocycles. The molecule has 1 aromatic heterocycles. The Labute approximate surface area is 146 Å². The Morgan fingerprint density at radius 3 is 2.52 bits per heavy atom. The number of hydrogen-bond donors (Lipinski definition) is 0. The summed E-state index contributed by atoms with van der Waals surface area (Å²) in [4.78, 5) is 8.79. The molecule has 0 amide bonds. The molecule has 1 aliphatic heterocycles. The minimum absolute atomic E-state index is 0.0325. The summed E-state index contributed by atoms with van der Waals surface area (Å²) in [5.74, 6) is 1.11. The fourth-order valence-corrected chi connectivity index (χ4v) is 3.04. The lowest BCUT2D eigenvalue weighted by Gasteiger charge is -2.38. The molecule has 2 aromatic rings. The molecule has 25 heavy (non-hydrogen) atoms. The van der Waals surface area contributed by atoms with E-state index in [1.54, 1.807) is 12.1 Å². The maximum atomic E-state index is 13.8. The van der Waals surface area contributed by atoms with Crippen molar-refractivity contribution < 1.29 is 8.91 Å². The van der Waals surface area contributed by atoms with Crippen LogP contribution in [0.3, 0.4) is 0 Å². The molecular weight excluding hydrogens is 321 g/mol. The third-order valence-electron chi connectivity index (χ3n) is 4.64. The van der Waals surface area contributed by atoms with E-state index in [4.69, 9.17) is 4.52 Å². The molecule has 1 aliphatic rings. The Hall–Kier alpha value is -2.46. The molecule has 3 rings (SSSR count). The third kappa shape index (κ3) is 3.49. The van der Waals surface area contributed by atoms with Crippen molar-refractivity contribution in [3.05, 3.63) is 41.3 Å². The van der Waals surface area contributed by atoms with Gasteiger partial charge in [-0.2, -0.15) is 10.2 Å². The van der Waals surface area contributed by atoms with Crippen LogP contribution in [0.2, 0.25) is 0 Å². The van der Waals surface area contributed by atoms with Crippen molar-refractivity contribution in [2.75, 3.05) is 31.1 Å². The van der Waals surface area contributed by atoms with Gasteiger partial charge >= 0.3 is 0 Å². The van der Waals surface area contributed by atoms with Gasteiger partial charge in [0.2, 0.25) is 5.89 Å². The van der Waals surface area contributed by atoms with Crippen LogP contribution in [0.25, 0.3) is 0 Å². The maximum absolute atomic E-state index is 13.8. The second-order valence-electron chi connectivity index (χ2n) is 6.59.